The molecule has 0 saturated heterocycles. The van der Waals surface area contributed by atoms with Crippen molar-refractivity contribution in [1.82, 2.24) is 4.90 Å². The standard InChI is InChI=1S/C14H27N3O2/c1-2-3-9-17(10-12(16)18)13(19)14(11-15)7-5-4-6-8-14/h2-11,15H2,1H3,(H2,16,18). The van der Waals surface area contributed by atoms with E-state index in [0.717, 1.165) is 38.5 Å². The SMILES string of the molecule is CCCCN(CC(N)=O)C(=O)C1(CN)CCCCC1. The van der Waals surface area contributed by atoms with Gasteiger partial charge >= 0.3 is 0 Å². The fourth-order valence-electron chi connectivity index (χ4n) is 2.86. The van der Waals surface area contributed by atoms with Crippen LogP contribution < -0.4 is 11.5 Å². The van der Waals surface area contributed by atoms with E-state index in [4.69, 9.17) is 11.5 Å². The van der Waals surface area contributed by atoms with Crippen LogP contribution in [0.1, 0.15) is 51.9 Å². The number of amides is 2. The molecule has 0 heterocycles. The van der Waals surface area contributed by atoms with E-state index in [9.17, 15) is 9.59 Å². The quantitative estimate of drug-likeness (QED) is 0.722. The van der Waals surface area contributed by atoms with Crippen LogP contribution in [-0.2, 0) is 9.59 Å². The van der Waals surface area contributed by atoms with Crippen LogP contribution in [0.4, 0.5) is 0 Å². The molecule has 5 heteroatoms. The summed E-state index contributed by atoms with van der Waals surface area (Å²) in [5, 5.41) is 0. The molecule has 0 bridgehead atoms. The van der Waals surface area contributed by atoms with Gasteiger partial charge in [-0.15, -0.1) is 0 Å². The zero-order chi connectivity index (χ0) is 14.3. The Bertz CT molecular complexity index is 312. The van der Waals surface area contributed by atoms with Crippen LogP contribution in [-0.4, -0.2) is 36.3 Å². The van der Waals surface area contributed by atoms with Gasteiger partial charge in [-0.3, -0.25) is 9.59 Å². The third kappa shape index (κ3) is 4.20. The number of nitrogens with two attached hydrogens (primary N) is 2. The molecular weight excluding hydrogens is 242 g/mol. The van der Waals surface area contributed by atoms with Crippen LogP contribution in [0.2, 0.25) is 0 Å². The number of hydrogen-bond acceptors (Lipinski definition) is 3. The van der Waals surface area contributed by atoms with Crippen molar-refractivity contribution in [1.29, 1.82) is 0 Å². The average molecular weight is 269 g/mol. The summed E-state index contributed by atoms with van der Waals surface area (Å²) in [6, 6.07) is 0. The van der Waals surface area contributed by atoms with E-state index in [-0.39, 0.29) is 12.5 Å². The molecule has 1 fully saturated rings. The number of unbranched alkanes of at least 4 members (excludes halogenated alkanes) is 1. The maximum absolute atomic E-state index is 12.7. The monoisotopic (exact) mass is 269 g/mol. The maximum atomic E-state index is 12.7. The minimum Gasteiger partial charge on any atom is -0.368 e. The lowest BCUT2D eigenvalue weighted by Gasteiger charge is -2.38. The van der Waals surface area contributed by atoms with Crippen molar-refractivity contribution in [3.05, 3.63) is 0 Å². The van der Waals surface area contributed by atoms with Crippen LogP contribution in [0.25, 0.3) is 0 Å². The Labute approximate surface area is 115 Å². The summed E-state index contributed by atoms with van der Waals surface area (Å²) in [6.07, 6.45) is 6.80. The second-order valence-electron chi connectivity index (χ2n) is 5.59. The fraction of sp³-hybridized carbons (Fsp3) is 0.857. The molecule has 0 aromatic carbocycles. The molecule has 0 unspecified atom stereocenters. The normalized spacial score (nSPS) is 18.0. The summed E-state index contributed by atoms with van der Waals surface area (Å²) in [5.74, 6) is -0.422. The van der Waals surface area contributed by atoms with Crippen molar-refractivity contribution in [2.24, 2.45) is 16.9 Å². The first-order valence-electron chi connectivity index (χ1n) is 7.33. The largest absolute Gasteiger partial charge is 0.368 e. The molecule has 5 nitrogen and oxygen atoms in total. The lowest BCUT2D eigenvalue weighted by molar-refractivity contribution is -0.146. The Balaban J connectivity index is 2.79. The van der Waals surface area contributed by atoms with Crippen molar-refractivity contribution < 1.29 is 9.59 Å². The second kappa shape index (κ2) is 7.48. The number of primary amides is 1. The van der Waals surface area contributed by atoms with E-state index in [0.29, 0.717) is 13.1 Å². The molecule has 1 saturated carbocycles. The Morgan fingerprint density at radius 1 is 1.21 bits per heavy atom. The highest BCUT2D eigenvalue weighted by molar-refractivity contribution is 5.87. The first-order chi connectivity index (χ1) is 9.05. The lowest BCUT2D eigenvalue weighted by Crippen LogP contribution is -2.51. The van der Waals surface area contributed by atoms with E-state index in [1.54, 1.807) is 4.90 Å². The zero-order valence-electron chi connectivity index (χ0n) is 12.0. The van der Waals surface area contributed by atoms with E-state index in [1.165, 1.54) is 6.42 Å². The predicted molar refractivity (Wildman–Crippen MR) is 75.3 cm³/mol. The highest BCUT2D eigenvalue weighted by Gasteiger charge is 2.40. The highest BCUT2D eigenvalue weighted by atomic mass is 16.2. The number of carbonyl (C=O) groups is 2. The third-order valence-electron chi connectivity index (χ3n) is 4.07. The molecule has 19 heavy (non-hydrogen) atoms. The van der Waals surface area contributed by atoms with Gasteiger partial charge in [0.25, 0.3) is 0 Å². The third-order valence-corrected chi connectivity index (χ3v) is 4.07. The van der Waals surface area contributed by atoms with Crippen LogP contribution >= 0.6 is 0 Å². The second-order valence-corrected chi connectivity index (χ2v) is 5.59. The summed E-state index contributed by atoms with van der Waals surface area (Å²) >= 11 is 0. The Kier molecular flexibility index (Phi) is 6.28. The van der Waals surface area contributed by atoms with Gasteiger partial charge in [0.2, 0.25) is 11.8 Å². The van der Waals surface area contributed by atoms with Gasteiger partial charge in [-0.1, -0.05) is 32.6 Å². The molecule has 4 N–H and O–H groups in total. The Morgan fingerprint density at radius 3 is 2.32 bits per heavy atom. The number of carbonyl (C=O) groups excluding carboxylic acids is 2. The van der Waals surface area contributed by atoms with Gasteiger partial charge in [-0.05, 0) is 19.3 Å². The van der Waals surface area contributed by atoms with E-state index in [1.807, 2.05) is 0 Å². The van der Waals surface area contributed by atoms with E-state index in [2.05, 4.69) is 6.92 Å². The smallest absolute Gasteiger partial charge is 0.237 e. The molecule has 2 amide bonds. The summed E-state index contributed by atoms with van der Waals surface area (Å²) in [5.41, 5.74) is 10.7. The number of hydrogen-bond donors (Lipinski definition) is 2. The lowest BCUT2D eigenvalue weighted by atomic mass is 9.73. The van der Waals surface area contributed by atoms with Crippen molar-refractivity contribution in [3.8, 4) is 0 Å². The van der Waals surface area contributed by atoms with Crippen LogP contribution in [0.3, 0.4) is 0 Å². The number of rotatable bonds is 7. The van der Waals surface area contributed by atoms with Gasteiger partial charge < -0.3 is 16.4 Å². The molecule has 1 rings (SSSR count). The van der Waals surface area contributed by atoms with Crippen molar-refractivity contribution in [2.75, 3.05) is 19.6 Å². The van der Waals surface area contributed by atoms with Gasteiger partial charge in [0.05, 0.1) is 12.0 Å². The fourth-order valence-corrected chi connectivity index (χ4v) is 2.86. The first-order valence-corrected chi connectivity index (χ1v) is 7.33. The summed E-state index contributed by atoms with van der Waals surface area (Å²) in [6.45, 7) is 3.04. The summed E-state index contributed by atoms with van der Waals surface area (Å²) in [7, 11) is 0. The van der Waals surface area contributed by atoms with Crippen molar-refractivity contribution in [2.45, 2.75) is 51.9 Å². The van der Waals surface area contributed by atoms with Gasteiger partial charge in [0, 0.05) is 13.1 Å². The maximum Gasteiger partial charge on any atom is 0.237 e. The molecule has 110 valence electrons. The Morgan fingerprint density at radius 2 is 1.84 bits per heavy atom. The molecule has 0 atom stereocenters. The predicted octanol–water partition coefficient (Wildman–Crippen LogP) is 1.01. The average Bonchev–Trinajstić information content (AvgIpc) is 2.43. The van der Waals surface area contributed by atoms with Crippen LogP contribution in [0.15, 0.2) is 0 Å². The molecule has 1 aliphatic rings. The zero-order valence-corrected chi connectivity index (χ0v) is 12.0. The van der Waals surface area contributed by atoms with E-state index < -0.39 is 11.3 Å². The first kappa shape index (κ1) is 16.0. The molecule has 0 aromatic heterocycles. The minimum atomic E-state index is -0.457. The molecule has 0 aliphatic heterocycles. The van der Waals surface area contributed by atoms with Gasteiger partial charge in [0.15, 0.2) is 0 Å². The topological polar surface area (TPSA) is 89.4 Å². The summed E-state index contributed by atoms with van der Waals surface area (Å²) in [4.78, 5) is 25.5. The molecular formula is C14H27N3O2. The van der Waals surface area contributed by atoms with Crippen molar-refractivity contribution in [3.63, 3.8) is 0 Å². The molecule has 0 spiro atoms. The molecule has 0 aromatic rings. The van der Waals surface area contributed by atoms with Gasteiger partial charge in [-0.2, -0.15) is 0 Å². The number of nitrogens with zero attached hydrogens (tertiary/aromatic N) is 1. The van der Waals surface area contributed by atoms with E-state index >= 15 is 0 Å². The summed E-state index contributed by atoms with van der Waals surface area (Å²) < 4.78 is 0. The molecule has 1 aliphatic carbocycles. The highest BCUT2D eigenvalue weighted by Crippen LogP contribution is 2.37. The minimum absolute atomic E-state index is 0.0145. The molecule has 0 radical (unpaired) electrons. The van der Waals surface area contributed by atoms with Crippen molar-refractivity contribution >= 4 is 11.8 Å². The van der Waals surface area contributed by atoms with Gasteiger partial charge in [-0.25, -0.2) is 0 Å². The van der Waals surface area contributed by atoms with Gasteiger partial charge in [0.1, 0.15) is 0 Å². The van der Waals surface area contributed by atoms with Crippen LogP contribution in [0, 0.1) is 5.41 Å². The Hall–Kier alpha value is -1.10. The van der Waals surface area contributed by atoms with Crippen LogP contribution in [0.5, 0.6) is 0 Å².